The lowest BCUT2D eigenvalue weighted by Crippen LogP contribution is -2.33. The number of carbonyl (C=O) groups is 2. The van der Waals surface area contributed by atoms with E-state index < -0.39 is 17.7 Å². The van der Waals surface area contributed by atoms with Gasteiger partial charge in [0.15, 0.2) is 5.75 Å². The van der Waals surface area contributed by atoms with Crippen LogP contribution >= 0.6 is 90.4 Å². The molecule has 0 fully saturated rings. The number of carboxylic acid groups (broad SMARTS) is 1. The molecule has 0 heterocycles. The number of hydrogen-bond donors (Lipinski definition) is 2. The normalized spacial score (nSPS) is 11.1. The van der Waals surface area contributed by atoms with Gasteiger partial charge in [0, 0.05) is 6.54 Å². The molecule has 0 aliphatic rings. The number of carboxylic acids is 1. The van der Waals surface area contributed by atoms with Gasteiger partial charge in [0.2, 0.25) is 0 Å². The second kappa shape index (κ2) is 13.1. The molecule has 33 heavy (non-hydrogen) atoms. The maximum absolute atomic E-state index is 11.7. The zero-order valence-corrected chi connectivity index (χ0v) is 26.8. The van der Waals surface area contributed by atoms with E-state index in [1.54, 1.807) is 0 Å². The number of rotatable bonds is 9. The largest absolute Gasteiger partial charge is 0.491 e. The lowest BCUT2D eigenvalue weighted by atomic mass is 10.1. The quantitative estimate of drug-likeness (QED) is 0.212. The van der Waals surface area contributed by atoms with Crippen LogP contribution in [0.3, 0.4) is 0 Å². The summed E-state index contributed by atoms with van der Waals surface area (Å²) in [6.07, 6.45) is 0.179. The smallest absolute Gasteiger partial charge is 0.407 e. The maximum Gasteiger partial charge on any atom is 0.407 e. The van der Waals surface area contributed by atoms with E-state index in [-0.39, 0.29) is 6.42 Å². The van der Waals surface area contributed by atoms with Gasteiger partial charge < -0.3 is 24.6 Å². The van der Waals surface area contributed by atoms with Crippen LogP contribution in [0.5, 0.6) is 17.2 Å². The van der Waals surface area contributed by atoms with Gasteiger partial charge in [0.1, 0.15) is 17.1 Å². The highest BCUT2D eigenvalue weighted by Gasteiger charge is 2.16. The first-order valence-corrected chi connectivity index (χ1v) is 14.1. The topological polar surface area (TPSA) is 94.1 Å². The summed E-state index contributed by atoms with van der Waals surface area (Å²) in [4.78, 5) is 22.7. The number of ether oxygens (including phenoxy) is 3. The number of aliphatic carboxylic acids is 1. The molecule has 0 aliphatic carbocycles. The van der Waals surface area contributed by atoms with Crippen LogP contribution < -0.4 is 14.8 Å². The van der Waals surface area contributed by atoms with Gasteiger partial charge >= 0.3 is 12.1 Å². The van der Waals surface area contributed by atoms with E-state index in [0.29, 0.717) is 31.1 Å². The fourth-order valence-corrected chi connectivity index (χ4v) is 6.73. The van der Waals surface area contributed by atoms with E-state index in [0.717, 1.165) is 25.6 Å². The van der Waals surface area contributed by atoms with E-state index in [4.69, 9.17) is 19.3 Å². The van der Waals surface area contributed by atoms with Gasteiger partial charge in [-0.1, -0.05) is 0 Å². The number of alkyl carbamates (subject to hydrolysis) is 1. The molecule has 2 aromatic rings. The molecule has 0 bridgehead atoms. The summed E-state index contributed by atoms with van der Waals surface area (Å²) in [7, 11) is 0. The van der Waals surface area contributed by atoms with Gasteiger partial charge in [-0.15, -0.1) is 0 Å². The van der Waals surface area contributed by atoms with Gasteiger partial charge in [-0.3, -0.25) is 4.79 Å². The van der Waals surface area contributed by atoms with E-state index in [9.17, 15) is 9.59 Å². The molecule has 0 saturated heterocycles. The molecule has 0 saturated carbocycles. The zero-order chi connectivity index (χ0) is 24.8. The third-order valence-electron chi connectivity index (χ3n) is 3.84. The van der Waals surface area contributed by atoms with Crippen molar-refractivity contribution in [3.63, 3.8) is 0 Å². The Morgan fingerprint density at radius 1 is 0.939 bits per heavy atom. The van der Waals surface area contributed by atoms with Crippen LogP contribution in [0, 0.1) is 14.3 Å². The van der Waals surface area contributed by atoms with Crippen molar-refractivity contribution in [1.82, 2.24) is 5.32 Å². The Hall–Kier alpha value is -0.300. The van der Waals surface area contributed by atoms with E-state index >= 15 is 0 Å². The minimum Gasteiger partial charge on any atom is -0.491 e. The first-order chi connectivity index (χ1) is 15.4. The highest BCUT2D eigenvalue weighted by Crippen LogP contribution is 2.37. The SMILES string of the molecule is CC(C)(C)OC(=O)NCCCOc1c(I)cc(Oc2c(I)cc(CC(=O)O)cc2I)cc1I. The Morgan fingerprint density at radius 2 is 1.48 bits per heavy atom. The first-order valence-electron chi connectivity index (χ1n) is 9.82. The molecular formula is C22H23I4NO6. The highest BCUT2D eigenvalue weighted by molar-refractivity contribution is 14.1. The predicted molar refractivity (Wildman–Crippen MR) is 160 cm³/mol. The Labute approximate surface area is 247 Å². The number of nitrogens with one attached hydrogen (secondary N) is 1. The molecular weight excluding hydrogens is 882 g/mol. The maximum atomic E-state index is 11.7. The van der Waals surface area contributed by atoms with Gasteiger partial charge in [0.05, 0.1) is 27.3 Å². The van der Waals surface area contributed by atoms with Crippen LogP contribution in [0.25, 0.3) is 0 Å². The van der Waals surface area contributed by atoms with Crippen molar-refractivity contribution in [2.75, 3.05) is 13.2 Å². The molecule has 0 aliphatic heterocycles. The number of hydrogen-bond acceptors (Lipinski definition) is 5. The highest BCUT2D eigenvalue weighted by atomic mass is 127. The number of carbonyl (C=O) groups excluding carboxylic acids is 1. The van der Waals surface area contributed by atoms with Crippen LogP contribution in [0.15, 0.2) is 24.3 Å². The monoisotopic (exact) mass is 905 g/mol. The number of amides is 1. The van der Waals surface area contributed by atoms with Crippen LogP contribution in [-0.4, -0.2) is 35.9 Å². The molecule has 1 amide bonds. The van der Waals surface area contributed by atoms with Gasteiger partial charge in [-0.05, 0) is 147 Å². The van der Waals surface area contributed by atoms with Crippen LogP contribution in [0.4, 0.5) is 4.79 Å². The van der Waals surface area contributed by atoms with Gasteiger partial charge in [0.25, 0.3) is 0 Å². The summed E-state index contributed by atoms with van der Waals surface area (Å²) in [6, 6.07) is 7.44. The first kappa shape index (κ1) is 28.9. The summed E-state index contributed by atoms with van der Waals surface area (Å²) < 4.78 is 20.8. The van der Waals surface area contributed by atoms with E-state index in [1.807, 2.05) is 45.0 Å². The Kier molecular flexibility index (Phi) is 11.5. The molecule has 2 aromatic carbocycles. The van der Waals surface area contributed by atoms with Gasteiger partial charge in [-0.25, -0.2) is 4.79 Å². The van der Waals surface area contributed by atoms with Crippen molar-refractivity contribution in [3.05, 3.63) is 44.1 Å². The summed E-state index contributed by atoms with van der Waals surface area (Å²) in [5.41, 5.74) is 0.213. The Morgan fingerprint density at radius 3 is 2.00 bits per heavy atom. The summed E-state index contributed by atoms with van der Waals surface area (Å²) in [5, 5.41) is 11.7. The fraction of sp³-hybridized carbons (Fsp3) is 0.364. The van der Waals surface area contributed by atoms with Crippen LogP contribution in [0.2, 0.25) is 0 Å². The second-order valence-corrected chi connectivity index (χ2v) is 12.6. The molecule has 0 unspecified atom stereocenters. The van der Waals surface area contributed by atoms with Crippen molar-refractivity contribution in [2.45, 2.75) is 39.2 Å². The van der Waals surface area contributed by atoms with E-state index in [1.165, 1.54) is 0 Å². The van der Waals surface area contributed by atoms with Crippen molar-refractivity contribution < 1.29 is 28.9 Å². The summed E-state index contributed by atoms with van der Waals surface area (Å²) in [6.45, 7) is 6.37. The van der Waals surface area contributed by atoms with Crippen LogP contribution in [0.1, 0.15) is 32.8 Å². The third-order valence-corrected chi connectivity index (χ3v) is 7.05. The van der Waals surface area contributed by atoms with E-state index in [2.05, 4.69) is 95.7 Å². The standard InChI is InChI=1S/C22H23I4NO6/c1-22(2,3)33-21(30)27-5-4-6-31-19-16(25)10-13(11-17(19)26)32-20-14(23)7-12(8-15(20)24)9-18(28)29/h7-8,10-11H,4-6,9H2,1-3H3,(H,27,30)(H,28,29). The molecule has 2 rings (SSSR count). The minimum absolute atomic E-state index is 0.0264. The lowest BCUT2D eigenvalue weighted by molar-refractivity contribution is -0.136. The molecule has 0 radical (unpaired) electrons. The Balaban J connectivity index is 1.97. The molecule has 2 N–H and O–H groups in total. The summed E-state index contributed by atoms with van der Waals surface area (Å²) >= 11 is 8.73. The minimum atomic E-state index is -0.865. The van der Waals surface area contributed by atoms with Crippen molar-refractivity contribution in [2.24, 2.45) is 0 Å². The fourth-order valence-electron chi connectivity index (χ4n) is 2.59. The number of halogens is 4. The number of benzene rings is 2. The van der Waals surface area contributed by atoms with Gasteiger partial charge in [-0.2, -0.15) is 0 Å². The molecule has 0 spiro atoms. The average Bonchev–Trinajstić information content (AvgIpc) is 2.64. The zero-order valence-electron chi connectivity index (χ0n) is 18.1. The van der Waals surface area contributed by atoms with Crippen molar-refractivity contribution in [3.8, 4) is 17.2 Å². The third kappa shape index (κ3) is 10.1. The molecule has 180 valence electrons. The van der Waals surface area contributed by atoms with Crippen molar-refractivity contribution in [1.29, 1.82) is 0 Å². The van der Waals surface area contributed by atoms with Crippen LogP contribution in [-0.2, 0) is 16.0 Å². The molecule has 0 aromatic heterocycles. The Bertz CT molecular complexity index is 976. The predicted octanol–water partition coefficient (Wildman–Crippen LogP) is 6.82. The average molecular weight is 905 g/mol. The summed E-state index contributed by atoms with van der Waals surface area (Å²) in [5.74, 6) is 1.26. The molecule has 11 heteroatoms. The lowest BCUT2D eigenvalue weighted by Gasteiger charge is -2.19. The second-order valence-electron chi connectivity index (χ2n) is 7.91. The van der Waals surface area contributed by atoms with Crippen molar-refractivity contribution >= 4 is 102 Å². The molecule has 7 nitrogen and oxygen atoms in total. The molecule has 0 atom stereocenters.